The van der Waals surface area contributed by atoms with Crippen molar-refractivity contribution >= 4 is 27.3 Å². The first kappa shape index (κ1) is 23.8. The van der Waals surface area contributed by atoms with Gasteiger partial charge in [0.2, 0.25) is 10.0 Å². The Bertz CT molecular complexity index is 1240. The van der Waals surface area contributed by atoms with E-state index in [9.17, 15) is 18.3 Å². The highest BCUT2D eigenvalue weighted by atomic mass is 32.2. The van der Waals surface area contributed by atoms with Crippen LogP contribution in [0, 0.1) is 0 Å². The summed E-state index contributed by atoms with van der Waals surface area (Å²) in [5, 5.41) is 13.9. The number of sulfonamides is 1. The molecular weight excluding hydrogens is 442 g/mol. The number of aromatic hydroxyl groups is 1. The Morgan fingerprint density at radius 2 is 1.55 bits per heavy atom. The van der Waals surface area contributed by atoms with E-state index in [1.807, 2.05) is 18.2 Å². The van der Waals surface area contributed by atoms with Crippen molar-refractivity contribution in [1.29, 1.82) is 0 Å². The number of anilines is 1. The summed E-state index contributed by atoms with van der Waals surface area (Å²) in [6, 6.07) is 21.1. The van der Waals surface area contributed by atoms with E-state index >= 15 is 0 Å². The van der Waals surface area contributed by atoms with Crippen molar-refractivity contribution in [3.05, 3.63) is 84.4 Å². The number of amides is 1. The number of nitrogens with one attached hydrogen (secondary N) is 1. The van der Waals surface area contributed by atoms with Crippen LogP contribution in [0.25, 0.3) is 0 Å². The molecule has 2 N–H and O–H groups in total. The van der Waals surface area contributed by atoms with Crippen molar-refractivity contribution in [2.24, 2.45) is 5.10 Å². The molecule has 33 heavy (non-hydrogen) atoms. The summed E-state index contributed by atoms with van der Waals surface area (Å²) in [5.74, 6) is 0.575. The van der Waals surface area contributed by atoms with E-state index in [0.717, 1.165) is 10.6 Å². The Balaban J connectivity index is 1.77. The molecule has 0 aliphatic carbocycles. The second-order valence-electron chi connectivity index (χ2n) is 7.33. The Kier molecular flexibility index (Phi) is 7.34. The molecule has 0 saturated heterocycles. The van der Waals surface area contributed by atoms with Gasteiger partial charge in [-0.25, -0.2) is 13.8 Å². The van der Waals surface area contributed by atoms with E-state index in [1.165, 1.54) is 13.0 Å². The number of rotatable bonds is 8. The number of para-hydroxylation sites is 2. The van der Waals surface area contributed by atoms with Gasteiger partial charge in [0, 0.05) is 5.56 Å². The zero-order valence-electron chi connectivity index (χ0n) is 18.5. The maximum Gasteiger partial charge on any atom is 0.263 e. The average molecular weight is 468 g/mol. The van der Waals surface area contributed by atoms with Crippen LogP contribution >= 0.6 is 0 Å². The first-order chi connectivity index (χ1) is 15.7. The lowest BCUT2D eigenvalue weighted by molar-refractivity contribution is -0.121. The van der Waals surface area contributed by atoms with Crippen LogP contribution in [0.2, 0.25) is 0 Å². The van der Waals surface area contributed by atoms with Crippen LogP contribution in [0.4, 0.5) is 5.69 Å². The highest BCUT2D eigenvalue weighted by Gasteiger charge is 2.29. The fourth-order valence-corrected chi connectivity index (χ4v) is 4.34. The SMILES string of the molecule is C/C(=N/NC(=O)[C@H](C)N(c1ccc(Oc2ccccc2)cc1)S(C)(=O)=O)c1ccccc1O. The highest BCUT2D eigenvalue weighted by Crippen LogP contribution is 2.27. The minimum Gasteiger partial charge on any atom is -0.507 e. The number of phenols is 1. The van der Waals surface area contributed by atoms with Crippen LogP contribution in [-0.2, 0) is 14.8 Å². The van der Waals surface area contributed by atoms with Gasteiger partial charge in [0.05, 0.1) is 17.7 Å². The van der Waals surface area contributed by atoms with E-state index in [2.05, 4.69) is 10.5 Å². The molecule has 0 unspecified atom stereocenters. The molecule has 0 saturated carbocycles. The molecule has 3 aromatic carbocycles. The molecule has 8 nitrogen and oxygen atoms in total. The largest absolute Gasteiger partial charge is 0.507 e. The zero-order chi connectivity index (χ0) is 24.0. The third-order valence-corrected chi connectivity index (χ3v) is 6.03. The van der Waals surface area contributed by atoms with Crippen molar-refractivity contribution < 1.29 is 23.1 Å². The summed E-state index contributed by atoms with van der Waals surface area (Å²) in [4.78, 5) is 12.7. The van der Waals surface area contributed by atoms with Crippen molar-refractivity contribution in [1.82, 2.24) is 5.43 Å². The Hall–Kier alpha value is -3.85. The van der Waals surface area contributed by atoms with Gasteiger partial charge in [-0.2, -0.15) is 5.10 Å². The molecule has 0 radical (unpaired) electrons. The number of carbonyl (C=O) groups excluding carboxylic acids is 1. The molecule has 3 aromatic rings. The predicted octanol–water partition coefficient (Wildman–Crippen LogP) is 3.88. The second kappa shape index (κ2) is 10.2. The van der Waals surface area contributed by atoms with Crippen LogP contribution in [0.1, 0.15) is 19.4 Å². The standard InChI is InChI=1S/C24H25N3O5S/c1-17(22-11-7-8-12-23(22)28)25-26-24(29)18(2)27(33(3,30)31)19-13-15-21(16-14-19)32-20-9-5-4-6-10-20/h4-16,18,28H,1-3H3,(H,26,29)/b25-17-/t18-/m0/s1. The highest BCUT2D eigenvalue weighted by molar-refractivity contribution is 7.92. The van der Waals surface area contributed by atoms with E-state index in [0.29, 0.717) is 28.5 Å². The average Bonchev–Trinajstić information content (AvgIpc) is 2.78. The molecule has 0 heterocycles. The maximum atomic E-state index is 12.7. The van der Waals surface area contributed by atoms with Crippen molar-refractivity contribution in [2.45, 2.75) is 19.9 Å². The lowest BCUT2D eigenvalue weighted by Gasteiger charge is -2.27. The molecule has 0 fully saturated rings. The summed E-state index contributed by atoms with van der Waals surface area (Å²) in [7, 11) is -3.79. The number of phenolic OH excluding ortho intramolecular Hbond substituents is 1. The minimum atomic E-state index is -3.79. The summed E-state index contributed by atoms with van der Waals surface area (Å²) in [6.45, 7) is 3.09. The topological polar surface area (TPSA) is 108 Å². The Labute approximate surface area is 193 Å². The fourth-order valence-electron chi connectivity index (χ4n) is 3.17. The van der Waals surface area contributed by atoms with Gasteiger partial charge in [-0.1, -0.05) is 30.3 Å². The molecule has 172 valence electrons. The van der Waals surface area contributed by atoms with Gasteiger partial charge in [-0.3, -0.25) is 9.10 Å². The van der Waals surface area contributed by atoms with Gasteiger partial charge in [0.1, 0.15) is 23.3 Å². The summed E-state index contributed by atoms with van der Waals surface area (Å²) < 4.78 is 31.8. The van der Waals surface area contributed by atoms with Crippen LogP contribution in [0.15, 0.2) is 84.0 Å². The van der Waals surface area contributed by atoms with E-state index < -0.39 is 22.0 Å². The minimum absolute atomic E-state index is 0.0246. The van der Waals surface area contributed by atoms with Gasteiger partial charge in [0.25, 0.3) is 5.91 Å². The Morgan fingerprint density at radius 3 is 2.15 bits per heavy atom. The molecule has 1 atom stereocenters. The third kappa shape index (κ3) is 6.11. The molecule has 0 bridgehead atoms. The van der Waals surface area contributed by atoms with Crippen molar-refractivity contribution in [3.63, 3.8) is 0 Å². The monoisotopic (exact) mass is 467 g/mol. The third-order valence-electron chi connectivity index (χ3n) is 4.79. The molecule has 0 aromatic heterocycles. The van der Waals surface area contributed by atoms with Crippen LogP contribution in [0.5, 0.6) is 17.2 Å². The van der Waals surface area contributed by atoms with Crippen LogP contribution in [0.3, 0.4) is 0 Å². The Morgan fingerprint density at radius 1 is 0.970 bits per heavy atom. The number of nitrogens with zero attached hydrogens (tertiary/aromatic N) is 2. The van der Waals surface area contributed by atoms with Crippen LogP contribution < -0.4 is 14.5 Å². The molecule has 0 spiro atoms. The van der Waals surface area contributed by atoms with Gasteiger partial charge in [-0.05, 0) is 62.4 Å². The summed E-state index contributed by atoms with van der Waals surface area (Å²) in [5.41, 5.74) is 3.52. The number of ether oxygens (including phenoxy) is 1. The van der Waals surface area contributed by atoms with Gasteiger partial charge < -0.3 is 9.84 Å². The van der Waals surface area contributed by atoms with E-state index in [4.69, 9.17) is 4.74 Å². The van der Waals surface area contributed by atoms with Gasteiger partial charge in [-0.15, -0.1) is 0 Å². The number of hydrazone groups is 1. The number of hydrogen-bond donors (Lipinski definition) is 2. The smallest absolute Gasteiger partial charge is 0.263 e. The molecular formula is C24H25N3O5S. The molecule has 9 heteroatoms. The normalized spacial score (nSPS) is 12.6. The molecule has 1 amide bonds. The van der Waals surface area contributed by atoms with Gasteiger partial charge in [0.15, 0.2) is 0 Å². The van der Waals surface area contributed by atoms with Crippen molar-refractivity contribution in [2.75, 3.05) is 10.6 Å². The van der Waals surface area contributed by atoms with E-state index in [-0.39, 0.29) is 5.75 Å². The van der Waals surface area contributed by atoms with Gasteiger partial charge >= 0.3 is 0 Å². The lowest BCUT2D eigenvalue weighted by Crippen LogP contribution is -2.46. The number of carbonyl (C=O) groups is 1. The molecule has 3 rings (SSSR count). The second-order valence-corrected chi connectivity index (χ2v) is 9.19. The fraction of sp³-hybridized carbons (Fsp3) is 0.167. The summed E-state index contributed by atoms with van der Waals surface area (Å²) >= 11 is 0. The van der Waals surface area contributed by atoms with E-state index in [1.54, 1.807) is 61.5 Å². The predicted molar refractivity (Wildman–Crippen MR) is 128 cm³/mol. The summed E-state index contributed by atoms with van der Waals surface area (Å²) in [6.07, 6.45) is 1.03. The number of hydrogen-bond acceptors (Lipinski definition) is 6. The zero-order valence-corrected chi connectivity index (χ0v) is 19.3. The maximum absolute atomic E-state index is 12.7. The lowest BCUT2D eigenvalue weighted by atomic mass is 10.1. The first-order valence-electron chi connectivity index (χ1n) is 10.1. The first-order valence-corrected chi connectivity index (χ1v) is 12.0. The molecule has 0 aliphatic rings. The van der Waals surface area contributed by atoms with Crippen molar-refractivity contribution in [3.8, 4) is 17.2 Å². The molecule has 0 aliphatic heterocycles. The number of benzene rings is 3. The quantitative estimate of drug-likeness (QED) is 0.386. The van der Waals surface area contributed by atoms with Crippen LogP contribution in [-0.4, -0.2) is 37.4 Å².